The van der Waals surface area contributed by atoms with Gasteiger partial charge >= 0.3 is 5.97 Å². The summed E-state index contributed by atoms with van der Waals surface area (Å²) >= 11 is 2.11. The fourth-order valence-corrected chi connectivity index (χ4v) is 2.75. The Bertz CT molecular complexity index is 720. The predicted molar refractivity (Wildman–Crippen MR) is 86.7 cm³/mol. The summed E-state index contributed by atoms with van der Waals surface area (Å²) < 4.78 is 16.4. The van der Waals surface area contributed by atoms with Gasteiger partial charge in [-0.1, -0.05) is 0 Å². The van der Waals surface area contributed by atoms with Crippen molar-refractivity contribution in [2.75, 3.05) is 14.2 Å². The molecule has 1 aromatic heterocycles. The van der Waals surface area contributed by atoms with Gasteiger partial charge in [0.05, 0.1) is 17.8 Å². The van der Waals surface area contributed by atoms with Gasteiger partial charge in [0.25, 0.3) is 0 Å². The number of esters is 1. The molecule has 0 radical (unpaired) electrons. The van der Waals surface area contributed by atoms with E-state index in [1.807, 2.05) is 6.07 Å². The molecule has 0 bridgehead atoms. The van der Waals surface area contributed by atoms with Gasteiger partial charge in [0, 0.05) is 18.9 Å². The van der Waals surface area contributed by atoms with Crippen molar-refractivity contribution in [3.63, 3.8) is 0 Å². The molecular weight excluding hydrogens is 387 g/mol. The second-order valence-electron chi connectivity index (χ2n) is 4.46. The number of halogens is 1. The molecule has 0 atom stereocenters. The Morgan fingerprint density at radius 3 is 2.76 bits per heavy atom. The van der Waals surface area contributed by atoms with E-state index in [-0.39, 0.29) is 11.4 Å². The molecule has 0 aliphatic carbocycles. The number of fused-ring (bicyclic) bond motifs is 1. The minimum atomic E-state index is -0.269. The summed E-state index contributed by atoms with van der Waals surface area (Å²) in [4.78, 5) is 23.3. The normalized spacial score (nSPS) is 10.6. The van der Waals surface area contributed by atoms with Crippen molar-refractivity contribution in [1.82, 2.24) is 0 Å². The van der Waals surface area contributed by atoms with Gasteiger partial charge in [-0.15, -0.1) is 0 Å². The number of aryl methyl sites for hydroxylation is 1. The Morgan fingerprint density at radius 1 is 1.33 bits per heavy atom. The first kappa shape index (κ1) is 15.8. The molecule has 2 rings (SSSR count). The van der Waals surface area contributed by atoms with E-state index >= 15 is 0 Å². The minimum Gasteiger partial charge on any atom is -0.495 e. The van der Waals surface area contributed by atoms with Crippen molar-refractivity contribution in [2.45, 2.75) is 19.3 Å². The molecule has 0 unspecified atom stereocenters. The van der Waals surface area contributed by atoms with Crippen LogP contribution in [0.4, 0.5) is 0 Å². The molecule has 0 aliphatic heterocycles. The first-order valence-electron chi connectivity index (χ1n) is 6.43. The molecule has 0 spiro atoms. The van der Waals surface area contributed by atoms with Crippen LogP contribution in [0.1, 0.15) is 18.6 Å². The molecule has 21 heavy (non-hydrogen) atoms. The summed E-state index contributed by atoms with van der Waals surface area (Å²) in [6, 6.07) is 5.05. The van der Waals surface area contributed by atoms with E-state index in [9.17, 15) is 9.59 Å². The Kier molecular flexibility index (Phi) is 5.22. The standard InChI is InChI=1S/C15H15IO5/c1-19-13(18)5-3-4-9-8-11(17)14-12(21-9)7-6-10(16)15(14)20-2/h6-8H,3-5H2,1-2H3. The first-order valence-corrected chi connectivity index (χ1v) is 7.50. The topological polar surface area (TPSA) is 65.7 Å². The van der Waals surface area contributed by atoms with Crippen LogP contribution < -0.4 is 10.2 Å². The van der Waals surface area contributed by atoms with E-state index < -0.39 is 0 Å². The highest BCUT2D eigenvalue weighted by Gasteiger charge is 2.13. The molecule has 5 nitrogen and oxygen atoms in total. The summed E-state index contributed by atoms with van der Waals surface area (Å²) in [5.74, 6) is 0.817. The zero-order valence-corrected chi connectivity index (χ0v) is 13.9. The Morgan fingerprint density at radius 2 is 2.10 bits per heavy atom. The third-order valence-corrected chi connectivity index (χ3v) is 3.94. The number of benzene rings is 1. The molecular formula is C15H15IO5. The van der Waals surface area contributed by atoms with Gasteiger partial charge in [-0.2, -0.15) is 0 Å². The molecule has 0 saturated heterocycles. The molecule has 0 aliphatic rings. The van der Waals surface area contributed by atoms with Crippen molar-refractivity contribution in [1.29, 1.82) is 0 Å². The van der Waals surface area contributed by atoms with Gasteiger partial charge < -0.3 is 13.9 Å². The smallest absolute Gasteiger partial charge is 0.305 e. The van der Waals surface area contributed by atoms with E-state index in [0.29, 0.717) is 41.7 Å². The third-order valence-electron chi connectivity index (χ3n) is 3.09. The van der Waals surface area contributed by atoms with Crippen LogP contribution in [0, 0.1) is 3.57 Å². The molecule has 0 amide bonds. The maximum atomic E-state index is 12.2. The lowest BCUT2D eigenvalue weighted by molar-refractivity contribution is -0.140. The SMILES string of the molecule is COC(=O)CCCc1cc(=O)c2c(OC)c(I)ccc2o1. The molecule has 2 aromatic rings. The predicted octanol–water partition coefficient (Wildman–Crippen LogP) is 2.90. The highest BCUT2D eigenvalue weighted by Crippen LogP contribution is 2.29. The Hall–Kier alpha value is -1.57. The van der Waals surface area contributed by atoms with Gasteiger partial charge in [-0.3, -0.25) is 9.59 Å². The maximum absolute atomic E-state index is 12.2. The van der Waals surface area contributed by atoms with E-state index in [2.05, 4.69) is 27.3 Å². The highest BCUT2D eigenvalue weighted by atomic mass is 127. The van der Waals surface area contributed by atoms with E-state index in [1.165, 1.54) is 20.3 Å². The molecule has 1 heterocycles. The van der Waals surface area contributed by atoms with E-state index in [0.717, 1.165) is 3.57 Å². The van der Waals surface area contributed by atoms with Gasteiger partial charge in [0.1, 0.15) is 22.5 Å². The zero-order chi connectivity index (χ0) is 15.4. The van der Waals surface area contributed by atoms with Gasteiger partial charge in [0.2, 0.25) is 0 Å². The van der Waals surface area contributed by atoms with Crippen LogP contribution in [-0.2, 0) is 16.0 Å². The summed E-state index contributed by atoms with van der Waals surface area (Å²) in [5, 5.41) is 0.445. The van der Waals surface area contributed by atoms with Crippen LogP contribution in [0.25, 0.3) is 11.0 Å². The second kappa shape index (κ2) is 6.93. The molecule has 0 saturated carbocycles. The average molecular weight is 402 g/mol. The molecule has 6 heteroatoms. The van der Waals surface area contributed by atoms with Crippen LogP contribution in [-0.4, -0.2) is 20.2 Å². The molecule has 1 aromatic carbocycles. The molecule has 112 valence electrons. The van der Waals surface area contributed by atoms with Crippen molar-refractivity contribution in [3.05, 3.63) is 37.8 Å². The van der Waals surface area contributed by atoms with Crippen molar-refractivity contribution < 1.29 is 18.7 Å². The maximum Gasteiger partial charge on any atom is 0.305 e. The fourth-order valence-electron chi connectivity index (χ4n) is 2.08. The largest absolute Gasteiger partial charge is 0.495 e. The number of ether oxygens (including phenoxy) is 2. The highest BCUT2D eigenvalue weighted by molar-refractivity contribution is 14.1. The summed E-state index contributed by atoms with van der Waals surface area (Å²) in [6.07, 6.45) is 1.38. The lowest BCUT2D eigenvalue weighted by Crippen LogP contribution is -2.06. The monoisotopic (exact) mass is 402 g/mol. The quantitative estimate of drug-likeness (QED) is 0.569. The van der Waals surface area contributed by atoms with Crippen LogP contribution in [0.5, 0.6) is 5.75 Å². The lowest BCUT2D eigenvalue weighted by atomic mass is 10.1. The Balaban J connectivity index is 2.31. The summed E-state index contributed by atoms with van der Waals surface area (Å²) in [5.41, 5.74) is 0.354. The van der Waals surface area contributed by atoms with Crippen LogP contribution in [0.15, 0.2) is 27.4 Å². The third kappa shape index (κ3) is 3.55. The molecule has 0 N–H and O–H groups in total. The van der Waals surface area contributed by atoms with E-state index in [4.69, 9.17) is 9.15 Å². The second-order valence-corrected chi connectivity index (χ2v) is 5.62. The summed E-state index contributed by atoms with van der Waals surface area (Å²) in [6.45, 7) is 0. The first-order chi connectivity index (χ1) is 10.1. The molecule has 0 fully saturated rings. The number of rotatable bonds is 5. The minimum absolute atomic E-state index is 0.139. The fraction of sp³-hybridized carbons (Fsp3) is 0.333. The number of carbonyl (C=O) groups is 1. The number of hydrogen-bond donors (Lipinski definition) is 0. The number of carbonyl (C=O) groups excluding carboxylic acids is 1. The van der Waals surface area contributed by atoms with E-state index in [1.54, 1.807) is 6.07 Å². The average Bonchev–Trinajstić information content (AvgIpc) is 2.47. The number of hydrogen-bond acceptors (Lipinski definition) is 5. The number of methoxy groups -OCH3 is 2. The van der Waals surface area contributed by atoms with Crippen LogP contribution in [0.2, 0.25) is 0 Å². The van der Waals surface area contributed by atoms with Crippen LogP contribution >= 0.6 is 22.6 Å². The Labute approximate surface area is 135 Å². The van der Waals surface area contributed by atoms with Gasteiger partial charge in [0.15, 0.2) is 5.43 Å². The summed E-state index contributed by atoms with van der Waals surface area (Å²) in [7, 11) is 2.88. The van der Waals surface area contributed by atoms with Crippen molar-refractivity contribution >= 4 is 39.5 Å². The van der Waals surface area contributed by atoms with Crippen molar-refractivity contribution in [2.24, 2.45) is 0 Å². The van der Waals surface area contributed by atoms with Gasteiger partial charge in [-0.25, -0.2) is 0 Å². The van der Waals surface area contributed by atoms with Crippen LogP contribution in [0.3, 0.4) is 0 Å². The van der Waals surface area contributed by atoms with Crippen molar-refractivity contribution in [3.8, 4) is 5.75 Å². The lowest BCUT2D eigenvalue weighted by Gasteiger charge is -2.08. The zero-order valence-electron chi connectivity index (χ0n) is 11.8. The van der Waals surface area contributed by atoms with Gasteiger partial charge in [-0.05, 0) is 41.1 Å².